The predicted octanol–water partition coefficient (Wildman–Crippen LogP) is 3.24. The summed E-state index contributed by atoms with van der Waals surface area (Å²) < 4.78 is 10.8. The molecule has 1 aliphatic rings. The van der Waals surface area contributed by atoms with Gasteiger partial charge < -0.3 is 24.8 Å². The van der Waals surface area contributed by atoms with Gasteiger partial charge in [-0.2, -0.15) is 0 Å². The number of aromatic nitrogens is 1. The Hall–Kier alpha value is -2.70. The minimum Gasteiger partial charge on any atom is -0.495 e. The van der Waals surface area contributed by atoms with Crippen molar-refractivity contribution in [3.63, 3.8) is 0 Å². The van der Waals surface area contributed by atoms with Crippen molar-refractivity contribution >= 4 is 11.6 Å². The lowest BCUT2D eigenvalue weighted by Gasteiger charge is -2.22. The maximum Gasteiger partial charge on any atom is 0.191 e. The van der Waals surface area contributed by atoms with Crippen molar-refractivity contribution in [2.75, 3.05) is 38.2 Å². The Bertz CT molecular complexity index is 813. The van der Waals surface area contributed by atoms with Crippen molar-refractivity contribution in [1.82, 2.24) is 15.8 Å². The number of guanidine groups is 1. The fourth-order valence-electron chi connectivity index (χ4n) is 4.01. The van der Waals surface area contributed by atoms with Gasteiger partial charge in [0.05, 0.1) is 18.5 Å². The number of benzene rings is 1. The summed E-state index contributed by atoms with van der Waals surface area (Å²) in [5.41, 5.74) is 3.26. The van der Waals surface area contributed by atoms with E-state index in [1.54, 1.807) is 7.11 Å². The van der Waals surface area contributed by atoms with Gasteiger partial charge in [-0.3, -0.25) is 4.99 Å². The highest BCUT2D eigenvalue weighted by molar-refractivity contribution is 5.80. The van der Waals surface area contributed by atoms with Gasteiger partial charge in [-0.15, -0.1) is 0 Å². The number of hydrogen-bond donors (Lipinski definition) is 2. The van der Waals surface area contributed by atoms with Gasteiger partial charge in [-0.1, -0.05) is 24.2 Å². The zero-order chi connectivity index (χ0) is 20.8. The number of aliphatic imine (C=N–C) groups is 1. The zero-order valence-electron chi connectivity index (χ0n) is 18.2. The number of anilines is 1. The van der Waals surface area contributed by atoms with Gasteiger partial charge in [0.25, 0.3) is 0 Å². The van der Waals surface area contributed by atoms with Crippen molar-refractivity contribution < 1.29 is 9.26 Å². The molecule has 7 heteroatoms. The monoisotopic (exact) mass is 399 g/mol. The molecule has 0 aliphatic carbocycles. The van der Waals surface area contributed by atoms with E-state index in [1.165, 1.54) is 0 Å². The molecule has 1 aromatic heterocycles. The van der Waals surface area contributed by atoms with Gasteiger partial charge in [0.2, 0.25) is 0 Å². The van der Waals surface area contributed by atoms with Crippen LogP contribution in [0.25, 0.3) is 0 Å². The Morgan fingerprint density at radius 2 is 2.17 bits per heavy atom. The molecule has 1 aliphatic heterocycles. The number of rotatable bonds is 7. The highest BCUT2D eigenvalue weighted by Gasteiger charge is 2.25. The van der Waals surface area contributed by atoms with Crippen LogP contribution in [-0.2, 0) is 0 Å². The van der Waals surface area contributed by atoms with E-state index in [-0.39, 0.29) is 5.92 Å². The number of para-hydroxylation sites is 2. The highest BCUT2D eigenvalue weighted by atomic mass is 16.5. The first-order valence-corrected chi connectivity index (χ1v) is 10.4. The average Bonchev–Trinajstić information content (AvgIpc) is 3.32. The maximum atomic E-state index is 5.52. The molecule has 2 aromatic rings. The van der Waals surface area contributed by atoms with Crippen molar-refractivity contribution in [3.8, 4) is 5.75 Å². The second-order valence-corrected chi connectivity index (χ2v) is 7.61. The average molecular weight is 400 g/mol. The maximum absolute atomic E-state index is 5.52. The molecular formula is C22H33N5O2. The molecule has 3 rings (SSSR count). The molecule has 0 bridgehead atoms. The first kappa shape index (κ1) is 21.0. The second kappa shape index (κ2) is 9.67. The van der Waals surface area contributed by atoms with Crippen LogP contribution in [0.5, 0.6) is 5.75 Å². The molecule has 158 valence electrons. The molecular weight excluding hydrogens is 366 g/mol. The molecule has 7 nitrogen and oxygen atoms in total. The van der Waals surface area contributed by atoms with Crippen LogP contribution in [-0.4, -0.2) is 50.4 Å². The van der Waals surface area contributed by atoms with Gasteiger partial charge in [0, 0.05) is 43.7 Å². The van der Waals surface area contributed by atoms with E-state index < -0.39 is 0 Å². The van der Waals surface area contributed by atoms with Crippen LogP contribution in [0.3, 0.4) is 0 Å². The van der Waals surface area contributed by atoms with Crippen LogP contribution >= 0.6 is 0 Å². The van der Waals surface area contributed by atoms with Crippen molar-refractivity contribution in [1.29, 1.82) is 0 Å². The van der Waals surface area contributed by atoms with Crippen LogP contribution in [0.1, 0.15) is 43.2 Å². The fraction of sp³-hybridized carbons (Fsp3) is 0.545. The number of nitrogens with one attached hydrogen (secondary N) is 2. The first-order chi connectivity index (χ1) is 14.0. The minimum absolute atomic E-state index is 0.255. The third-order valence-electron chi connectivity index (χ3n) is 5.40. The Morgan fingerprint density at radius 3 is 2.86 bits per heavy atom. The summed E-state index contributed by atoms with van der Waals surface area (Å²) in [5, 5.41) is 11.0. The van der Waals surface area contributed by atoms with E-state index in [9.17, 15) is 0 Å². The van der Waals surface area contributed by atoms with E-state index >= 15 is 0 Å². The van der Waals surface area contributed by atoms with Gasteiger partial charge in [0.1, 0.15) is 11.5 Å². The van der Waals surface area contributed by atoms with E-state index in [4.69, 9.17) is 14.3 Å². The molecule has 29 heavy (non-hydrogen) atoms. The highest BCUT2D eigenvalue weighted by Crippen LogP contribution is 2.30. The molecule has 1 saturated heterocycles. The second-order valence-electron chi connectivity index (χ2n) is 7.61. The minimum atomic E-state index is 0.255. The van der Waals surface area contributed by atoms with Gasteiger partial charge in [0.15, 0.2) is 5.96 Å². The molecule has 0 amide bonds. The van der Waals surface area contributed by atoms with Crippen LogP contribution in [0, 0.1) is 13.8 Å². The smallest absolute Gasteiger partial charge is 0.191 e. The van der Waals surface area contributed by atoms with E-state index in [0.717, 1.165) is 60.5 Å². The van der Waals surface area contributed by atoms with Crippen LogP contribution in [0.2, 0.25) is 0 Å². The molecule has 0 spiro atoms. The predicted molar refractivity (Wildman–Crippen MR) is 117 cm³/mol. The standard InChI is InChI=1S/C22H33N5O2/c1-6-23-22(24-13-15(2)21-16(3)26-29-17(21)4)25-18-11-12-27(14-18)19-9-7-8-10-20(19)28-5/h7-10,15,18H,6,11-14H2,1-5H3,(H2,23,24,25). The fourth-order valence-corrected chi connectivity index (χ4v) is 4.01. The zero-order valence-corrected chi connectivity index (χ0v) is 18.2. The largest absolute Gasteiger partial charge is 0.495 e. The summed E-state index contributed by atoms with van der Waals surface area (Å²) in [6.45, 7) is 11.6. The van der Waals surface area contributed by atoms with Crippen LogP contribution in [0.15, 0.2) is 33.8 Å². The number of aryl methyl sites for hydroxylation is 2. The van der Waals surface area contributed by atoms with Gasteiger partial charge in [-0.05, 0) is 39.3 Å². The number of methoxy groups -OCH3 is 1. The molecule has 2 atom stereocenters. The Kier molecular flexibility index (Phi) is 7.01. The third kappa shape index (κ3) is 5.02. The van der Waals surface area contributed by atoms with E-state index in [1.807, 2.05) is 26.0 Å². The SMILES string of the molecule is CCNC(=NCC(C)c1c(C)noc1C)NC1CCN(c2ccccc2OC)C1. The van der Waals surface area contributed by atoms with Gasteiger partial charge >= 0.3 is 0 Å². The summed E-state index contributed by atoms with van der Waals surface area (Å²) in [6, 6.07) is 8.53. The van der Waals surface area contributed by atoms with E-state index in [0.29, 0.717) is 12.6 Å². The summed E-state index contributed by atoms with van der Waals surface area (Å²) >= 11 is 0. The van der Waals surface area contributed by atoms with E-state index in [2.05, 4.69) is 46.7 Å². The molecule has 2 unspecified atom stereocenters. The van der Waals surface area contributed by atoms with Gasteiger partial charge in [-0.25, -0.2) is 0 Å². The van der Waals surface area contributed by atoms with Crippen LogP contribution in [0.4, 0.5) is 5.69 Å². The summed E-state index contributed by atoms with van der Waals surface area (Å²) in [6.07, 6.45) is 1.06. The lowest BCUT2D eigenvalue weighted by atomic mass is 10.00. The summed E-state index contributed by atoms with van der Waals surface area (Å²) in [7, 11) is 1.72. The lowest BCUT2D eigenvalue weighted by molar-refractivity contribution is 0.391. The molecule has 1 fully saturated rings. The molecule has 2 N–H and O–H groups in total. The normalized spacial score (nSPS) is 18.0. The Labute approximate surface area is 173 Å². The number of ether oxygens (including phenoxy) is 1. The molecule has 1 aromatic carbocycles. The Morgan fingerprint density at radius 1 is 1.38 bits per heavy atom. The molecule has 0 saturated carbocycles. The number of hydrogen-bond acceptors (Lipinski definition) is 5. The summed E-state index contributed by atoms with van der Waals surface area (Å²) in [4.78, 5) is 7.20. The topological polar surface area (TPSA) is 74.9 Å². The summed E-state index contributed by atoms with van der Waals surface area (Å²) in [5.74, 6) is 2.91. The first-order valence-electron chi connectivity index (χ1n) is 10.4. The van der Waals surface area contributed by atoms with Crippen LogP contribution < -0.4 is 20.3 Å². The Balaban J connectivity index is 1.62. The van der Waals surface area contributed by atoms with Crippen molar-refractivity contribution in [3.05, 3.63) is 41.3 Å². The number of nitrogens with zero attached hydrogens (tertiary/aromatic N) is 3. The quantitative estimate of drug-likeness (QED) is 0.550. The molecule has 2 heterocycles. The van der Waals surface area contributed by atoms with Crippen molar-refractivity contribution in [2.24, 2.45) is 4.99 Å². The third-order valence-corrected chi connectivity index (χ3v) is 5.40. The lowest BCUT2D eigenvalue weighted by Crippen LogP contribution is -2.44. The van der Waals surface area contributed by atoms with Crippen molar-refractivity contribution in [2.45, 2.75) is 46.1 Å². The molecule has 0 radical (unpaired) electrons.